The van der Waals surface area contributed by atoms with E-state index in [2.05, 4.69) is 34.5 Å². The van der Waals surface area contributed by atoms with Gasteiger partial charge in [0.2, 0.25) is 0 Å². The van der Waals surface area contributed by atoms with Crippen molar-refractivity contribution >= 4 is 6.03 Å². The highest BCUT2D eigenvalue weighted by molar-refractivity contribution is 5.75. The fourth-order valence-electron chi connectivity index (χ4n) is 3.05. The van der Waals surface area contributed by atoms with Crippen LogP contribution in [0.15, 0.2) is 30.3 Å². The molecular formula is C15H21N3O. The van der Waals surface area contributed by atoms with E-state index < -0.39 is 0 Å². The number of carbonyl (C=O) groups is 1. The first kappa shape index (κ1) is 12.5. The van der Waals surface area contributed by atoms with Crippen LogP contribution in [0.1, 0.15) is 18.4 Å². The Kier molecular flexibility index (Phi) is 3.69. The molecule has 0 radical (unpaired) electrons. The molecule has 1 aromatic rings. The zero-order valence-electron chi connectivity index (χ0n) is 11.2. The smallest absolute Gasteiger partial charge is 0.317 e. The van der Waals surface area contributed by atoms with Crippen molar-refractivity contribution in [2.75, 3.05) is 26.2 Å². The summed E-state index contributed by atoms with van der Waals surface area (Å²) in [7, 11) is 0. The molecule has 2 fully saturated rings. The third-order valence-corrected chi connectivity index (χ3v) is 4.05. The fourth-order valence-corrected chi connectivity index (χ4v) is 3.05. The van der Waals surface area contributed by atoms with Crippen LogP contribution in [-0.4, -0.2) is 48.1 Å². The van der Waals surface area contributed by atoms with Gasteiger partial charge in [-0.05, 0) is 18.4 Å². The standard InChI is InChI=1S/C15H21N3O/c19-15-16-8-4-9-18(15)14-7-10-17(12-14)11-13-5-2-1-3-6-13/h1-3,5-6,14H,4,7-12H2,(H,16,19)/t14-/m0/s1. The highest BCUT2D eigenvalue weighted by atomic mass is 16.2. The van der Waals surface area contributed by atoms with E-state index in [1.807, 2.05) is 11.0 Å². The molecule has 102 valence electrons. The summed E-state index contributed by atoms with van der Waals surface area (Å²) >= 11 is 0. The molecule has 0 spiro atoms. The lowest BCUT2D eigenvalue weighted by Gasteiger charge is -2.32. The van der Waals surface area contributed by atoms with Gasteiger partial charge in [-0.2, -0.15) is 0 Å². The second-order valence-corrected chi connectivity index (χ2v) is 5.44. The van der Waals surface area contributed by atoms with Gasteiger partial charge in [0.1, 0.15) is 0 Å². The van der Waals surface area contributed by atoms with Crippen LogP contribution in [0.3, 0.4) is 0 Å². The molecule has 0 aromatic heterocycles. The van der Waals surface area contributed by atoms with Gasteiger partial charge in [0.15, 0.2) is 0 Å². The maximum Gasteiger partial charge on any atom is 0.317 e. The monoisotopic (exact) mass is 259 g/mol. The molecule has 0 unspecified atom stereocenters. The van der Waals surface area contributed by atoms with Crippen molar-refractivity contribution in [1.82, 2.24) is 15.1 Å². The molecule has 1 aromatic carbocycles. The minimum Gasteiger partial charge on any atom is -0.338 e. The van der Waals surface area contributed by atoms with E-state index in [4.69, 9.17) is 0 Å². The number of urea groups is 1. The first-order valence-electron chi connectivity index (χ1n) is 7.14. The Morgan fingerprint density at radius 3 is 2.84 bits per heavy atom. The lowest BCUT2D eigenvalue weighted by Crippen LogP contribution is -2.51. The van der Waals surface area contributed by atoms with Gasteiger partial charge in [-0.1, -0.05) is 30.3 Å². The molecule has 3 rings (SSSR count). The molecule has 2 amide bonds. The highest BCUT2D eigenvalue weighted by Gasteiger charge is 2.31. The molecule has 0 saturated carbocycles. The Balaban J connectivity index is 1.56. The average Bonchev–Trinajstić information content (AvgIpc) is 2.89. The van der Waals surface area contributed by atoms with E-state index in [9.17, 15) is 4.79 Å². The van der Waals surface area contributed by atoms with Crippen LogP contribution < -0.4 is 5.32 Å². The van der Waals surface area contributed by atoms with Crippen molar-refractivity contribution in [3.05, 3.63) is 35.9 Å². The molecule has 1 atom stereocenters. The summed E-state index contributed by atoms with van der Waals surface area (Å²) < 4.78 is 0. The maximum atomic E-state index is 11.8. The largest absolute Gasteiger partial charge is 0.338 e. The van der Waals surface area contributed by atoms with E-state index in [1.54, 1.807) is 0 Å². The third kappa shape index (κ3) is 2.89. The van der Waals surface area contributed by atoms with Gasteiger partial charge in [-0.25, -0.2) is 4.79 Å². The molecule has 0 aliphatic carbocycles. The summed E-state index contributed by atoms with van der Waals surface area (Å²) in [6.07, 6.45) is 2.17. The van der Waals surface area contributed by atoms with Crippen molar-refractivity contribution < 1.29 is 4.79 Å². The normalized spacial score (nSPS) is 24.5. The van der Waals surface area contributed by atoms with Crippen LogP contribution in [0.4, 0.5) is 4.79 Å². The first-order valence-corrected chi connectivity index (χ1v) is 7.14. The van der Waals surface area contributed by atoms with Crippen LogP contribution >= 0.6 is 0 Å². The first-order chi connectivity index (χ1) is 9.33. The molecule has 2 aliphatic heterocycles. The van der Waals surface area contributed by atoms with Crippen molar-refractivity contribution in [3.63, 3.8) is 0 Å². The number of rotatable bonds is 3. The Morgan fingerprint density at radius 1 is 1.21 bits per heavy atom. The Bertz CT molecular complexity index is 434. The maximum absolute atomic E-state index is 11.8. The van der Waals surface area contributed by atoms with Crippen molar-refractivity contribution in [2.45, 2.75) is 25.4 Å². The van der Waals surface area contributed by atoms with E-state index in [1.165, 1.54) is 5.56 Å². The minimum atomic E-state index is 0.123. The molecule has 2 heterocycles. The summed E-state index contributed by atoms with van der Waals surface area (Å²) in [5.41, 5.74) is 1.35. The molecule has 4 nitrogen and oxygen atoms in total. The van der Waals surface area contributed by atoms with Crippen LogP contribution in [-0.2, 0) is 6.54 Å². The molecule has 2 aliphatic rings. The summed E-state index contributed by atoms with van der Waals surface area (Å²) in [6, 6.07) is 11.1. The summed E-state index contributed by atoms with van der Waals surface area (Å²) in [5.74, 6) is 0. The van der Waals surface area contributed by atoms with Gasteiger partial charge in [0.25, 0.3) is 0 Å². The summed E-state index contributed by atoms with van der Waals surface area (Å²) in [5, 5.41) is 2.94. The molecule has 2 saturated heterocycles. The van der Waals surface area contributed by atoms with Crippen molar-refractivity contribution in [1.29, 1.82) is 0 Å². The third-order valence-electron chi connectivity index (χ3n) is 4.05. The van der Waals surface area contributed by atoms with Gasteiger partial charge in [-0.3, -0.25) is 4.90 Å². The summed E-state index contributed by atoms with van der Waals surface area (Å²) in [6.45, 7) is 4.82. The molecule has 0 bridgehead atoms. The van der Waals surface area contributed by atoms with Crippen LogP contribution in [0.2, 0.25) is 0 Å². The topological polar surface area (TPSA) is 35.6 Å². The Morgan fingerprint density at radius 2 is 2.05 bits per heavy atom. The van der Waals surface area contributed by atoms with Gasteiger partial charge < -0.3 is 10.2 Å². The number of benzene rings is 1. The van der Waals surface area contributed by atoms with E-state index in [0.29, 0.717) is 6.04 Å². The molecule has 19 heavy (non-hydrogen) atoms. The number of carbonyl (C=O) groups excluding carboxylic acids is 1. The molecule has 1 N–H and O–H groups in total. The predicted molar refractivity (Wildman–Crippen MR) is 74.8 cm³/mol. The number of nitrogens with zero attached hydrogens (tertiary/aromatic N) is 2. The number of hydrogen-bond donors (Lipinski definition) is 1. The van der Waals surface area contributed by atoms with E-state index >= 15 is 0 Å². The van der Waals surface area contributed by atoms with Gasteiger partial charge in [-0.15, -0.1) is 0 Å². The molecular weight excluding hydrogens is 238 g/mol. The SMILES string of the molecule is O=C1NCCCN1[C@H]1CCN(Cc2ccccc2)C1. The van der Waals surface area contributed by atoms with Crippen LogP contribution in [0.25, 0.3) is 0 Å². The van der Waals surface area contributed by atoms with Gasteiger partial charge in [0, 0.05) is 38.8 Å². The zero-order valence-corrected chi connectivity index (χ0v) is 11.2. The summed E-state index contributed by atoms with van der Waals surface area (Å²) in [4.78, 5) is 16.3. The van der Waals surface area contributed by atoms with Crippen LogP contribution in [0.5, 0.6) is 0 Å². The lowest BCUT2D eigenvalue weighted by atomic mass is 10.2. The Labute approximate surface area is 114 Å². The second kappa shape index (κ2) is 5.61. The fraction of sp³-hybridized carbons (Fsp3) is 0.533. The van der Waals surface area contributed by atoms with Crippen LogP contribution in [0, 0.1) is 0 Å². The minimum absolute atomic E-state index is 0.123. The lowest BCUT2D eigenvalue weighted by molar-refractivity contribution is 0.160. The zero-order chi connectivity index (χ0) is 13.1. The second-order valence-electron chi connectivity index (χ2n) is 5.44. The predicted octanol–water partition coefficient (Wildman–Crippen LogP) is 1.68. The number of likely N-dealkylation sites (tertiary alicyclic amines) is 1. The molecule has 4 heteroatoms. The van der Waals surface area contributed by atoms with Gasteiger partial charge >= 0.3 is 6.03 Å². The van der Waals surface area contributed by atoms with Crippen molar-refractivity contribution in [3.8, 4) is 0 Å². The van der Waals surface area contributed by atoms with E-state index in [-0.39, 0.29) is 6.03 Å². The highest BCUT2D eigenvalue weighted by Crippen LogP contribution is 2.19. The van der Waals surface area contributed by atoms with E-state index in [0.717, 1.165) is 45.6 Å². The van der Waals surface area contributed by atoms with Crippen molar-refractivity contribution in [2.24, 2.45) is 0 Å². The quantitative estimate of drug-likeness (QED) is 0.896. The number of amides is 2. The van der Waals surface area contributed by atoms with Gasteiger partial charge in [0.05, 0.1) is 0 Å². The Hall–Kier alpha value is -1.55. The number of nitrogens with one attached hydrogen (secondary N) is 1. The average molecular weight is 259 g/mol. The number of hydrogen-bond acceptors (Lipinski definition) is 2.